The number of benzene rings is 2. The minimum Gasteiger partial charge on any atom is -0.435 e. The number of nitrogens with zero attached hydrogens (tertiary/aromatic N) is 3. The number of hydrogen-bond acceptors (Lipinski definition) is 6. The predicted octanol–water partition coefficient (Wildman–Crippen LogP) is 2.44. The molecule has 0 aliphatic carbocycles. The summed E-state index contributed by atoms with van der Waals surface area (Å²) in [5, 5.41) is 14.3. The molecule has 3 aromatic rings. The van der Waals surface area contributed by atoms with Gasteiger partial charge in [-0.3, -0.25) is 4.79 Å². The molecule has 1 aromatic heterocycles. The molecule has 0 saturated heterocycles. The highest BCUT2D eigenvalue weighted by atomic mass is 32.2. The Morgan fingerprint density at radius 1 is 1.09 bits per heavy atom. The standard InChI is InChI=1S/C20H16F3N3O5S/c21-16-4-2-1-3-15(16)18(27)19(28)25-9-12-10-26(24-17(12)11-25)32(29,30)14-7-5-13(6-8-14)31-20(22)23/h1-8,10,18,20,27H,9,11H2. The van der Waals surface area contributed by atoms with E-state index in [1.54, 1.807) is 0 Å². The van der Waals surface area contributed by atoms with E-state index in [9.17, 15) is 31.5 Å². The van der Waals surface area contributed by atoms with E-state index in [1.165, 1.54) is 29.3 Å². The molecular weight excluding hydrogens is 451 g/mol. The van der Waals surface area contributed by atoms with Crippen LogP contribution < -0.4 is 4.74 Å². The second-order valence-electron chi connectivity index (χ2n) is 6.95. The molecule has 1 unspecified atom stereocenters. The fourth-order valence-corrected chi connectivity index (χ4v) is 4.48. The van der Waals surface area contributed by atoms with Gasteiger partial charge in [0.05, 0.1) is 17.1 Å². The van der Waals surface area contributed by atoms with Crippen molar-refractivity contribution in [2.45, 2.75) is 30.7 Å². The fourth-order valence-electron chi connectivity index (χ4n) is 3.31. The Labute approximate surface area is 180 Å². The highest BCUT2D eigenvalue weighted by Crippen LogP contribution is 2.28. The molecule has 1 amide bonds. The molecule has 1 N–H and O–H groups in total. The molecule has 8 nitrogen and oxygen atoms in total. The second kappa shape index (κ2) is 8.28. The third-order valence-electron chi connectivity index (χ3n) is 4.90. The van der Waals surface area contributed by atoms with Gasteiger partial charge < -0.3 is 14.7 Å². The first-order valence-electron chi connectivity index (χ1n) is 9.26. The lowest BCUT2D eigenvalue weighted by molar-refractivity contribution is -0.141. The Balaban J connectivity index is 1.49. The van der Waals surface area contributed by atoms with Crippen LogP contribution in [0.4, 0.5) is 13.2 Å². The molecule has 0 radical (unpaired) electrons. The summed E-state index contributed by atoms with van der Waals surface area (Å²) < 4.78 is 68.8. The van der Waals surface area contributed by atoms with Gasteiger partial charge in [0, 0.05) is 23.9 Å². The van der Waals surface area contributed by atoms with Crippen molar-refractivity contribution in [2.24, 2.45) is 0 Å². The summed E-state index contributed by atoms with van der Waals surface area (Å²) in [7, 11) is -4.10. The number of aliphatic hydroxyl groups is 1. The highest BCUT2D eigenvalue weighted by molar-refractivity contribution is 7.89. The predicted molar refractivity (Wildman–Crippen MR) is 103 cm³/mol. The van der Waals surface area contributed by atoms with Gasteiger partial charge in [-0.15, -0.1) is 0 Å². The Morgan fingerprint density at radius 3 is 2.41 bits per heavy atom. The number of aromatic nitrogens is 2. The maximum Gasteiger partial charge on any atom is 0.387 e. The number of carbonyl (C=O) groups excluding carboxylic acids is 1. The van der Waals surface area contributed by atoms with Crippen LogP contribution in [0.25, 0.3) is 0 Å². The van der Waals surface area contributed by atoms with E-state index < -0.39 is 34.5 Å². The van der Waals surface area contributed by atoms with E-state index in [2.05, 4.69) is 9.84 Å². The van der Waals surface area contributed by atoms with Gasteiger partial charge in [0.15, 0.2) is 6.10 Å². The van der Waals surface area contributed by atoms with Gasteiger partial charge in [-0.2, -0.15) is 26.4 Å². The molecule has 1 aliphatic rings. The minimum absolute atomic E-state index is 0.0175. The summed E-state index contributed by atoms with van der Waals surface area (Å²) >= 11 is 0. The zero-order valence-corrected chi connectivity index (χ0v) is 17.0. The number of aliphatic hydroxyl groups excluding tert-OH is 1. The first-order valence-corrected chi connectivity index (χ1v) is 10.7. The van der Waals surface area contributed by atoms with E-state index in [1.807, 2.05) is 0 Å². The van der Waals surface area contributed by atoms with Crippen molar-refractivity contribution < 1.29 is 36.2 Å². The summed E-state index contributed by atoms with van der Waals surface area (Å²) in [6.45, 7) is -3.12. The molecule has 0 saturated carbocycles. The van der Waals surface area contributed by atoms with E-state index in [0.29, 0.717) is 11.3 Å². The maximum atomic E-state index is 13.9. The summed E-state index contributed by atoms with van der Waals surface area (Å²) in [6.07, 6.45) is -0.471. The van der Waals surface area contributed by atoms with Gasteiger partial charge in [0.2, 0.25) is 0 Å². The molecule has 0 fully saturated rings. The maximum absolute atomic E-state index is 13.9. The Morgan fingerprint density at radius 2 is 1.78 bits per heavy atom. The van der Waals surface area contributed by atoms with Crippen LogP contribution in [0.3, 0.4) is 0 Å². The van der Waals surface area contributed by atoms with Gasteiger partial charge >= 0.3 is 6.61 Å². The Kier molecular flexibility index (Phi) is 5.65. The van der Waals surface area contributed by atoms with Crippen LogP contribution in [-0.2, 0) is 27.9 Å². The van der Waals surface area contributed by atoms with Crippen LogP contribution >= 0.6 is 0 Å². The molecule has 1 atom stereocenters. The summed E-state index contributed by atoms with van der Waals surface area (Å²) in [4.78, 5) is 13.6. The fraction of sp³-hybridized carbons (Fsp3) is 0.200. The molecule has 0 spiro atoms. The Hall–Kier alpha value is -3.38. The Bertz CT molecular complexity index is 1240. The van der Waals surface area contributed by atoms with E-state index in [4.69, 9.17) is 0 Å². The van der Waals surface area contributed by atoms with Crippen molar-refractivity contribution in [3.63, 3.8) is 0 Å². The van der Waals surface area contributed by atoms with Crippen molar-refractivity contribution in [3.05, 3.63) is 77.4 Å². The lowest BCUT2D eigenvalue weighted by Crippen LogP contribution is -2.31. The topological polar surface area (TPSA) is 102 Å². The number of rotatable bonds is 6. The van der Waals surface area contributed by atoms with Crippen LogP contribution in [0, 0.1) is 5.82 Å². The third-order valence-corrected chi connectivity index (χ3v) is 6.44. The van der Waals surface area contributed by atoms with Crippen molar-refractivity contribution >= 4 is 15.9 Å². The number of fused-ring (bicyclic) bond motifs is 1. The summed E-state index contributed by atoms with van der Waals surface area (Å²) in [5.74, 6) is -1.65. The van der Waals surface area contributed by atoms with Crippen molar-refractivity contribution in [2.75, 3.05) is 0 Å². The number of carbonyl (C=O) groups is 1. The number of hydrogen-bond donors (Lipinski definition) is 1. The molecule has 2 aromatic carbocycles. The highest BCUT2D eigenvalue weighted by Gasteiger charge is 2.33. The van der Waals surface area contributed by atoms with E-state index >= 15 is 0 Å². The van der Waals surface area contributed by atoms with Crippen LogP contribution in [0.5, 0.6) is 5.75 Å². The average molecular weight is 467 g/mol. The lowest BCUT2D eigenvalue weighted by Gasteiger charge is -2.20. The largest absolute Gasteiger partial charge is 0.435 e. The zero-order chi connectivity index (χ0) is 23.0. The smallest absolute Gasteiger partial charge is 0.387 e. The molecular formula is C20H16F3N3O5S. The van der Waals surface area contributed by atoms with Crippen LogP contribution in [0.2, 0.25) is 0 Å². The van der Waals surface area contributed by atoms with Gasteiger partial charge in [-0.05, 0) is 30.3 Å². The second-order valence-corrected chi connectivity index (χ2v) is 8.74. The SMILES string of the molecule is O=C(C(O)c1ccccc1F)N1Cc2cn(S(=O)(=O)c3ccc(OC(F)F)cc3)nc2C1. The molecule has 168 valence electrons. The van der Waals surface area contributed by atoms with Crippen molar-refractivity contribution in [1.82, 2.24) is 14.1 Å². The average Bonchev–Trinajstić information content (AvgIpc) is 3.33. The molecule has 4 rings (SSSR count). The van der Waals surface area contributed by atoms with Crippen molar-refractivity contribution in [3.8, 4) is 5.75 Å². The molecule has 0 bridgehead atoms. The molecule has 32 heavy (non-hydrogen) atoms. The quantitative estimate of drug-likeness (QED) is 0.598. The van der Waals surface area contributed by atoms with Gasteiger partial charge in [0.25, 0.3) is 15.9 Å². The normalized spacial score (nSPS) is 14.5. The van der Waals surface area contributed by atoms with Gasteiger partial charge in [-0.1, -0.05) is 18.2 Å². The van der Waals surface area contributed by atoms with Crippen molar-refractivity contribution in [1.29, 1.82) is 0 Å². The first-order chi connectivity index (χ1) is 15.2. The van der Waals surface area contributed by atoms with Crippen LogP contribution in [-0.4, -0.2) is 40.1 Å². The monoisotopic (exact) mass is 467 g/mol. The molecule has 1 aliphatic heterocycles. The number of alkyl halides is 2. The third kappa shape index (κ3) is 4.06. The number of ether oxygens (including phenoxy) is 1. The lowest BCUT2D eigenvalue weighted by atomic mass is 10.1. The van der Waals surface area contributed by atoms with Crippen LogP contribution in [0.1, 0.15) is 22.9 Å². The summed E-state index contributed by atoms with van der Waals surface area (Å²) in [6, 6.07) is 9.78. The zero-order valence-electron chi connectivity index (χ0n) is 16.2. The number of halogens is 3. The molecule has 2 heterocycles. The number of amides is 1. The minimum atomic E-state index is -4.10. The van der Waals surface area contributed by atoms with Crippen LogP contribution in [0.15, 0.2) is 59.6 Å². The van der Waals surface area contributed by atoms with E-state index in [-0.39, 0.29) is 29.3 Å². The van der Waals surface area contributed by atoms with Gasteiger partial charge in [-0.25, -0.2) is 4.39 Å². The van der Waals surface area contributed by atoms with E-state index in [0.717, 1.165) is 34.4 Å². The first kappa shape index (κ1) is 21.8. The summed E-state index contributed by atoms with van der Waals surface area (Å²) in [5.41, 5.74) is 0.592. The molecule has 12 heteroatoms. The van der Waals surface area contributed by atoms with Gasteiger partial charge in [0.1, 0.15) is 11.6 Å².